The fourth-order valence-electron chi connectivity index (χ4n) is 1.41. The van der Waals surface area contributed by atoms with Gasteiger partial charge in [0, 0.05) is 5.56 Å². The van der Waals surface area contributed by atoms with E-state index >= 15 is 0 Å². The first-order chi connectivity index (χ1) is 6.89. The summed E-state index contributed by atoms with van der Waals surface area (Å²) in [7, 11) is 1.50. The maximum absolute atomic E-state index is 13.8. The number of hydrogen-bond acceptors (Lipinski definition) is 2. The number of halogens is 1. The molecule has 1 rings (SSSR count). The quantitative estimate of drug-likeness (QED) is 0.836. The first-order valence-electron chi connectivity index (χ1n) is 4.47. The van der Waals surface area contributed by atoms with Crippen LogP contribution < -0.4 is 4.74 Å². The van der Waals surface area contributed by atoms with Crippen LogP contribution in [0.4, 0.5) is 4.39 Å². The van der Waals surface area contributed by atoms with Crippen molar-refractivity contribution in [1.82, 2.24) is 0 Å². The largest absolute Gasteiger partial charge is 0.497 e. The van der Waals surface area contributed by atoms with E-state index in [2.05, 4.69) is 0 Å². The fraction of sp³-hybridized carbons (Fsp3) is 0.364. The molecule has 1 atom stereocenters. The van der Waals surface area contributed by atoms with E-state index in [4.69, 9.17) is 9.84 Å². The second-order valence-corrected chi connectivity index (χ2v) is 3.49. The van der Waals surface area contributed by atoms with Crippen molar-refractivity contribution in [2.45, 2.75) is 19.5 Å². The summed E-state index contributed by atoms with van der Waals surface area (Å²) in [5.41, 5.74) is -1.66. The zero-order valence-electron chi connectivity index (χ0n) is 8.87. The molecular weight excluding hydrogens is 199 g/mol. The van der Waals surface area contributed by atoms with E-state index in [0.717, 1.165) is 6.92 Å². The van der Waals surface area contributed by atoms with Crippen LogP contribution in [0.3, 0.4) is 0 Å². The predicted octanol–water partition coefficient (Wildman–Crippen LogP) is 2.27. The average molecular weight is 212 g/mol. The third kappa shape index (κ3) is 2.09. The molecule has 0 amide bonds. The molecule has 1 unspecified atom stereocenters. The molecule has 1 aromatic carbocycles. The Bertz CT molecular complexity index is 385. The zero-order chi connectivity index (χ0) is 11.6. The van der Waals surface area contributed by atoms with Gasteiger partial charge in [0.25, 0.3) is 0 Å². The van der Waals surface area contributed by atoms with Crippen LogP contribution in [0.2, 0.25) is 0 Å². The molecule has 0 bridgehead atoms. The molecule has 1 N–H and O–H groups in total. The first kappa shape index (κ1) is 11.5. The Morgan fingerprint density at radius 3 is 2.53 bits per heavy atom. The SMILES string of the molecule is COc1ccc(C(C)(F)C(=O)O)c(C)c1. The van der Waals surface area contributed by atoms with Crippen LogP contribution in [0.5, 0.6) is 5.75 Å². The van der Waals surface area contributed by atoms with E-state index in [1.807, 2.05) is 0 Å². The van der Waals surface area contributed by atoms with E-state index in [-0.39, 0.29) is 5.56 Å². The number of ether oxygens (including phenoxy) is 1. The molecule has 0 fully saturated rings. The number of methoxy groups -OCH3 is 1. The lowest BCUT2D eigenvalue weighted by Crippen LogP contribution is -2.27. The maximum Gasteiger partial charge on any atom is 0.345 e. The highest BCUT2D eigenvalue weighted by Gasteiger charge is 2.36. The lowest BCUT2D eigenvalue weighted by Gasteiger charge is -2.18. The molecule has 0 aromatic heterocycles. The number of rotatable bonds is 3. The Morgan fingerprint density at radius 1 is 1.53 bits per heavy atom. The van der Waals surface area contributed by atoms with Crippen LogP contribution in [-0.2, 0) is 10.5 Å². The molecule has 0 aliphatic rings. The number of aliphatic carboxylic acids is 1. The molecule has 4 heteroatoms. The van der Waals surface area contributed by atoms with Crippen LogP contribution in [0.1, 0.15) is 18.1 Å². The van der Waals surface area contributed by atoms with Crippen LogP contribution in [0.25, 0.3) is 0 Å². The fourth-order valence-corrected chi connectivity index (χ4v) is 1.41. The van der Waals surface area contributed by atoms with Crippen LogP contribution >= 0.6 is 0 Å². The molecule has 0 spiro atoms. The van der Waals surface area contributed by atoms with Crippen molar-refractivity contribution in [3.63, 3.8) is 0 Å². The second kappa shape index (κ2) is 3.88. The molecule has 0 aliphatic carbocycles. The van der Waals surface area contributed by atoms with E-state index in [1.165, 1.54) is 13.2 Å². The third-order valence-electron chi connectivity index (χ3n) is 2.34. The summed E-state index contributed by atoms with van der Waals surface area (Å²) < 4.78 is 18.8. The van der Waals surface area contributed by atoms with Crippen molar-refractivity contribution >= 4 is 5.97 Å². The predicted molar refractivity (Wildman–Crippen MR) is 53.8 cm³/mol. The third-order valence-corrected chi connectivity index (χ3v) is 2.34. The van der Waals surface area contributed by atoms with Gasteiger partial charge in [-0.2, -0.15) is 0 Å². The van der Waals surface area contributed by atoms with Gasteiger partial charge in [-0.05, 0) is 31.5 Å². The number of carboxylic acid groups (broad SMARTS) is 1. The summed E-state index contributed by atoms with van der Waals surface area (Å²) >= 11 is 0. The summed E-state index contributed by atoms with van der Waals surface area (Å²) in [5, 5.41) is 8.74. The number of carboxylic acids is 1. The first-order valence-corrected chi connectivity index (χ1v) is 4.47. The summed E-state index contributed by atoms with van der Waals surface area (Å²) in [5.74, 6) is -0.909. The number of carbonyl (C=O) groups is 1. The van der Waals surface area contributed by atoms with E-state index < -0.39 is 11.6 Å². The van der Waals surface area contributed by atoms with Gasteiger partial charge in [0.2, 0.25) is 5.67 Å². The van der Waals surface area contributed by atoms with Crippen LogP contribution in [-0.4, -0.2) is 18.2 Å². The van der Waals surface area contributed by atoms with Crippen molar-refractivity contribution in [1.29, 1.82) is 0 Å². The molecule has 15 heavy (non-hydrogen) atoms. The summed E-state index contributed by atoms with van der Waals surface area (Å²) in [4.78, 5) is 10.7. The Morgan fingerprint density at radius 2 is 2.13 bits per heavy atom. The second-order valence-electron chi connectivity index (χ2n) is 3.49. The molecule has 82 valence electrons. The summed E-state index contributed by atoms with van der Waals surface area (Å²) in [6, 6.07) is 4.58. The number of alkyl halides is 1. The Kier molecular flexibility index (Phi) is 2.98. The minimum atomic E-state index is -2.36. The molecule has 0 aliphatic heterocycles. The van der Waals surface area contributed by atoms with Gasteiger partial charge in [0.1, 0.15) is 5.75 Å². The highest BCUT2D eigenvalue weighted by Crippen LogP contribution is 2.30. The minimum Gasteiger partial charge on any atom is -0.497 e. The van der Waals surface area contributed by atoms with E-state index in [1.54, 1.807) is 19.1 Å². The maximum atomic E-state index is 13.8. The van der Waals surface area contributed by atoms with Gasteiger partial charge in [0.05, 0.1) is 7.11 Å². The van der Waals surface area contributed by atoms with Crippen molar-refractivity contribution in [2.75, 3.05) is 7.11 Å². The van der Waals surface area contributed by atoms with Gasteiger partial charge in [0.15, 0.2) is 0 Å². The lowest BCUT2D eigenvalue weighted by molar-refractivity contribution is -0.150. The number of aryl methyl sites for hydroxylation is 1. The van der Waals surface area contributed by atoms with Crippen molar-refractivity contribution in [3.05, 3.63) is 29.3 Å². The van der Waals surface area contributed by atoms with Crippen LogP contribution in [0.15, 0.2) is 18.2 Å². The summed E-state index contributed by atoms with van der Waals surface area (Å²) in [6.07, 6.45) is 0. The zero-order valence-corrected chi connectivity index (χ0v) is 8.87. The Hall–Kier alpha value is -1.58. The average Bonchev–Trinajstić information content (AvgIpc) is 2.16. The van der Waals surface area contributed by atoms with Gasteiger partial charge in [-0.15, -0.1) is 0 Å². The Balaban J connectivity index is 3.22. The van der Waals surface area contributed by atoms with Crippen molar-refractivity contribution in [3.8, 4) is 5.75 Å². The molecular formula is C11H13FO3. The Labute approximate surface area is 87.5 Å². The molecule has 3 nitrogen and oxygen atoms in total. The van der Waals surface area contributed by atoms with Gasteiger partial charge >= 0.3 is 5.97 Å². The molecule has 0 saturated carbocycles. The highest BCUT2D eigenvalue weighted by molar-refractivity contribution is 5.79. The van der Waals surface area contributed by atoms with Gasteiger partial charge in [-0.1, -0.05) is 6.07 Å². The molecule has 0 radical (unpaired) electrons. The van der Waals surface area contributed by atoms with Gasteiger partial charge in [-0.3, -0.25) is 0 Å². The van der Waals surface area contributed by atoms with Gasteiger partial charge < -0.3 is 9.84 Å². The lowest BCUT2D eigenvalue weighted by atomic mass is 9.93. The van der Waals surface area contributed by atoms with Crippen LogP contribution in [0, 0.1) is 6.92 Å². The minimum absolute atomic E-state index is 0.149. The van der Waals surface area contributed by atoms with Crippen molar-refractivity contribution in [2.24, 2.45) is 0 Å². The highest BCUT2D eigenvalue weighted by atomic mass is 19.1. The summed E-state index contributed by atoms with van der Waals surface area (Å²) in [6.45, 7) is 2.68. The number of benzene rings is 1. The molecule has 1 aromatic rings. The monoisotopic (exact) mass is 212 g/mol. The molecule has 0 heterocycles. The van der Waals surface area contributed by atoms with Gasteiger partial charge in [-0.25, -0.2) is 9.18 Å². The smallest absolute Gasteiger partial charge is 0.345 e. The molecule has 0 saturated heterocycles. The van der Waals surface area contributed by atoms with Crippen molar-refractivity contribution < 1.29 is 19.0 Å². The van der Waals surface area contributed by atoms with E-state index in [9.17, 15) is 9.18 Å². The topological polar surface area (TPSA) is 46.5 Å². The number of hydrogen-bond donors (Lipinski definition) is 1. The van der Waals surface area contributed by atoms with E-state index in [0.29, 0.717) is 11.3 Å². The normalized spacial score (nSPS) is 14.4. The standard InChI is InChI=1S/C11H13FO3/c1-7-6-8(15-3)4-5-9(7)11(2,12)10(13)14/h4-6H,1-3H3,(H,13,14).